The summed E-state index contributed by atoms with van der Waals surface area (Å²) in [5.41, 5.74) is 2.55. The van der Waals surface area contributed by atoms with E-state index in [1.807, 2.05) is 39.0 Å². The van der Waals surface area contributed by atoms with E-state index in [9.17, 15) is 4.57 Å². The Bertz CT molecular complexity index is 1150. The van der Waals surface area contributed by atoms with Crippen LogP contribution in [0.25, 0.3) is 0 Å². The van der Waals surface area contributed by atoms with Crippen LogP contribution in [-0.2, 0) is 4.57 Å². The van der Waals surface area contributed by atoms with Gasteiger partial charge in [-0.1, -0.05) is 0 Å². The Morgan fingerprint density at radius 1 is 0.486 bits per heavy atom. The number of hydrogen-bond acceptors (Lipinski definition) is 4. The lowest BCUT2D eigenvalue weighted by molar-refractivity contribution is 0.294. The van der Waals surface area contributed by atoms with E-state index in [1.165, 1.54) is 0 Å². The summed E-state index contributed by atoms with van der Waals surface area (Å²) in [5.74, 6) is 0.745. The second-order valence-electron chi connectivity index (χ2n) is 7.12. The maximum Gasteiger partial charge on any atom is 0.647 e. The number of benzene rings is 3. The van der Waals surface area contributed by atoms with Gasteiger partial charge in [0.15, 0.2) is 17.2 Å². The van der Waals surface area contributed by atoms with Crippen molar-refractivity contribution in [3.63, 3.8) is 0 Å². The van der Waals surface area contributed by atoms with Crippen LogP contribution in [0.1, 0.15) is 16.7 Å². The number of aryl methyl sites for hydroxylation is 3. The summed E-state index contributed by atoms with van der Waals surface area (Å²) in [6, 6.07) is 5.68. The van der Waals surface area contributed by atoms with Crippen LogP contribution in [0.15, 0.2) is 58.5 Å². The first-order valence-corrected chi connectivity index (χ1v) is 17.9. The van der Waals surface area contributed by atoms with E-state index >= 15 is 0 Å². The Morgan fingerprint density at radius 3 is 0.943 bits per heavy atom. The van der Waals surface area contributed by atoms with Gasteiger partial charge in [0.05, 0.1) is 26.8 Å². The first-order valence-electron chi connectivity index (χ1n) is 9.28. The van der Waals surface area contributed by atoms with E-state index in [-0.39, 0.29) is 17.2 Å². The van der Waals surface area contributed by atoms with Crippen molar-refractivity contribution in [3.8, 4) is 17.2 Å². The zero-order valence-electron chi connectivity index (χ0n) is 17.7. The fraction of sp³-hybridized carbons (Fsp3) is 0.143. The average Bonchev–Trinajstić information content (AvgIpc) is 2.79. The van der Waals surface area contributed by atoms with Gasteiger partial charge in [-0.3, -0.25) is 0 Å². The third kappa shape index (κ3) is 6.85. The molecule has 35 heavy (non-hydrogen) atoms. The lowest BCUT2D eigenvalue weighted by Gasteiger charge is -2.24. The zero-order chi connectivity index (χ0) is 26.4. The van der Waals surface area contributed by atoms with Crippen LogP contribution in [-0.4, -0.2) is 0 Å². The molecule has 0 aliphatic carbocycles. The molecule has 0 amide bonds. The highest BCUT2D eigenvalue weighted by atomic mass is 79.9. The largest absolute Gasteiger partial charge is 0.647 e. The Hall–Kier alpha value is 1.61. The molecule has 0 heterocycles. The first-order chi connectivity index (χ1) is 16.2. The first kappa shape index (κ1) is 31.1. The molecule has 188 valence electrons. The van der Waals surface area contributed by atoms with Crippen molar-refractivity contribution in [1.29, 1.82) is 0 Å². The molecular weight excluding hydrogens is 1070 g/mol. The fourth-order valence-electron chi connectivity index (χ4n) is 2.73. The van der Waals surface area contributed by atoms with Gasteiger partial charge in [0.2, 0.25) is 0 Å². The third-order valence-corrected chi connectivity index (χ3v) is 14.5. The monoisotopic (exact) mass is 1070 g/mol. The second-order valence-corrected chi connectivity index (χ2v) is 15.9. The van der Waals surface area contributed by atoms with Gasteiger partial charge in [-0.25, -0.2) is 0 Å². The van der Waals surface area contributed by atoms with Crippen molar-refractivity contribution in [2.24, 2.45) is 0 Å². The molecule has 0 spiro atoms. The van der Waals surface area contributed by atoms with E-state index in [1.54, 1.807) is 0 Å². The van der Waals surface area contributed by atoms with Crippen LogP contribution in [0.5, 0.6) is 17.2 Å². The topological polar surface area (TPSA) is 44.8 Å². The molecule has 0 bridgehead atoms. The average molecular weight is 1080 g/mol. The van der Waals surface area contributed by atoms with E-state index in [4.69, 9.17) is 13.6 Å². The van der Waals surface area contributed by atoms with Crippen molar-refractivity contribution in [1.82, 2.24) is 0 Å². The number of phosphoric ester groups is 1. The smallest absolute Gasteiger partial charge is 0.383 e. The molecule has 0 fully saturated rings. The lowest BCUT2D eigenvalue weighted by Crippen LogP contribution is -2.10. The lowest BCUT2D eigenvalue weighted by atomic mass is 10.2. The highest BCUT2D eigenvalue weighted by molar-refractivity contribution is 9.14. The molecule has 0 N–H and O–H groups in total. The van der Waals surface area contributed by atoms with Gasteiger partial charge in [0, 0.05) is 13.4 Å². The van der Waals surface area contributed by atoms with Crippen molar-refractivity contribution < 1.29 is 18.1 Å². The molecule has 0 saturated carbocycles. The molecule has 0 atom stereocenters. The molecule has 0 radical (unpaired) electrons. The van der Waals surface area contributed by atoms with Gasteiger partial charge in [-0.15, -0.1) is 0 Å². The number of halogens is 9. The van der Waals surface area contributed by atoms with Crippen molar-refractivity contribution in [3.05, 3.63) is 75.1 Å². The van der Waals surface area contributed by atoms with Crippen LogP contribution in [0, 0.1) is 20.8 Å². The van der Waals surface area contributed by atoms with Gasteiger partial charge in [-0.2, -0.15) is 4.57 Å². The minimum Gasteiger partial charge on any atom is -0.383 e. The molecule has 0 unspecified atom stereocenters. The Balaban J connectivity index is 2.25. The third-order valence-electron chi connectivity index (χ3n) is 4.50. The summed E-state index contributed by atoms with van der Waals surface area (Å²) < 4.78 is 38.2. The summed E-state index contributed by atoms with van der Waals surface area (Å²) in [7, 11) is -4.41. The molecule has 3 rings (SSSR count). The molecule has 0 aliphatic heterocycles. The summed E-state index contributed by atoms with van der Waals surface area (Å²) >= 11 is 31.6. The Kier molecular flexibility index (Phi) is 11.0. The highest BCUT2D eigenvalue weighted by Gasteiger charge is 2.39. The standard InChI is InChI=1S/C21H12Br9O4P/c1-7-4-10(22)16(28)19(13(7)25)32-35(31,33-20-14(26)8(2)5-11(23)17(20)29)34-21-15(27)9(3)6-12(24)18(21)30/h4-6H,1-3H3. The Morgan fingerprint density at radius 2 is 0.714 bits per heavy atom. The molecule has 4 nitrogen and oxygen atoms in total. The SMILES string of the molecule is Cc1cc(Br)c(Br)c(OP(=O)(Oc2c(Br)c(C)cc(Br)c2Br)Oc2c(Br)c(C)cc(Br)c2Br)c1Br. The molecule has 0 saturated heterocycles. The highest BCUT2D eigenvalue weighted by Crippen LogP contribution is 2.59. The molecule has 3 aromatic carbocycles. The van der Waals surface area contributed by atoms with Gasteiger partial charge in [-0.05, 0) is 199 Å². The van der Waals surface area contributed by atoms with Crippen molar-refractivity contribution >= 4 is 151 Å². The minimum atomic E-state index is -4.41. The predicted molar refractivity (Wildman–Crippen MR) is 172 cm³/mol. The van der Waals surface area contributed by atoms with Crippen molar-refractivity contribution in [2.45, 2.75) is 20.8 Å². The molecule has 0 aromatic heterocycles. The molecule has 3 aromatic rings. The molecule has 14 heteroatoms. The quantitative estimate of drug-likeness (QED) is 0.182. The van der Waals surface area contributed by atoms with Crippen LogP contribution in [0.4, 0.5) is 0 Å². The fourth-order valence-corrected chi connectivity index (χ4v) is 9.55. The van der Waals surface area contributed by atoms with Gasteiger partial charge < -0.3 is 13.6 Å². The van der Waals surface area contributed by atoms with E-state index in [2.05, 4.69) is 143 Å². The number of rotatable bonds is 6. The Labute approximate surface area is 278 Å². The van der Waals surface area contributed by atoms with Crippen LogP contribution < -0.4 is 13.6 Å². The summed E-state index contributed by atoms with van der Waals surface area (Å²) in [6.07, 6.45) is 0. The minimum absolute atomic E-state index is 0.248. The maximum atomic E-state index is 14.5. The predicted octanol–water partition coefficient (Wildman–Crippen LogP) is 13.1. The normalized spacial score (nSPS) is 11.5. The van der Waals surface area contributed by atoms with Crippen LogP contribution in [0.3, 0.4) is 0 Å². The van der Waals surface area contributed by atoms with Crippen LogP contribution >= 0.6 is 151 Å². The van der Waals surface area contributed by atoms with Gasteiger partial charge in [0.1, 0.15) is 0 Å². The van der Waals surface area contributed by atoms with Crippen molar-refractivity contribution in [2.75, 3.05) is 0 Å². The summed E-state index contributed by atoms with van der Waals surface area (Å²) in [6.45, 7) is 5.66. The van der Waals surface area contributed by atoms with E-state index in [0.717, 1.165) is 16.7 Å². The van der Waals surface area contributed by atoms with Gasteiger partial charge >= 0.3 is 7.82 Å². The van der Waals surface area contributed by atoms with E-state index in [0.29, 0.717) is 40.3 Å². The zero-order valence-corrected chi connectivity index (χ0v) is 32.9. The molecular formula is C21H12Br9O4P. The number of phosphoric acid groups is 1. The van der Waals surface area contributed by atoms with Gasteiger partial charge in [0.25, 0.3) is 0 Å². The second kappa shape index (κ2) is 12.4. The summed E-state index contributed by atoms with van der Waals surface area (Å²) in [4.78, 5) is 0. The van der Waals surface area contributed by atoms with Crippen LogP contribution in [0.2, 0.25) is 0 Å². The van der Waals surface area contributed by atoms with E-state index < -0.39 is 7.82 Å². The summed E-state index contributed by atoms with van der Waals surface area (Å²) in [5, 5.41) is 0. The maximum absolute atomic E-state index is 14.5. The molecule has 0 aliphatic rings. The number of hydrogen-bond donors (Lipinski definition) is 0.